The molecule has 0 bridgehead atoms. The molecule has 5 rings (SSSR count). The van der Waals surface area contributed by atoms with Gasteiger partial charge in [0.2, 0.25) is 0 Å². The average molecular weight is 486 g/mol. The summed E-state index contributed by atoms with van der Waals surface area (Å²) in [5.41, 5.74) is 2.02. The summed E-state index contributed by atoms with van der Waals surface area (Å²) in [6, 6.07) is 12.9. The summed E-state index contributed by atoms with van der Waals surface area (Å²) in [5, 5.41) is 13.1. The first-order valence-electron chi connectivity index (χ1n) is 11.2. The van der Waals surface area contributed by atoms with Crippen molar-refractivity contribution < 1.29 is 9.53 Å². The van der Waals surface area contributed by atoms with Crippen LogP contribution in [-0.2, 0) is 6.54 Å². The highest BCUT2D eigenvalue weighted by Crippen LogP contribution is 2.35. The normalized spacial score (nSPS) is 20.1. The van der Waals surface area contributed by atoms with Crippen LogP contribution in [0.3, 0.4) is 0 Å². The van der Waals surface area contributed by atoms with Gasteiger partial charge in [-0.25, -0.2) is 4.79 Å². The van der Waals surface area contributed by atoms with Gasteiger partial charge in [0.25, 0.3) is 0 Å². The summed E-state index contributed by atoms with van der Waals surface area (Å²) in [7, 11) is 0. The number of urea groups is 1. The van der Waals surface area contributed by atoms with Gasteiger partial charge in [-0.2, -0.15) is 0 Å². The fourth-order valence-corrected chi connectivity index (χ4v) is 4.95. The minimum atomic E-state index is -0.151. The number of rotatable bonds is 4. The van der Waals surface area contributed by atoms with Crippen LogP contribution in [-0.4, -0.2) is 38.8 Å². The zero-order valence-electron chi connectivity index (χ0n) is 18.1. The van der Waals surface area contributed by atoms with Gasteiger partial charge in [-0.05, 0) is 61.6 Å². The van der Waals surface area contributed by atoms with Gasteiger partial charge in [0.05, 0.1) is 25.2 Å². The van der Waals surface area contributed by atoms with E-state index in [1.54, 1.807) is 6.33 Å². The molecule has 0 aliphatic carbocycles. The Labute approximate surface area is 202 Å². The fourth-order valence-electron chi connectivity index (χ4n) is 4.64. The van der Waals surface area contributed by atoms with E-state index in [1.807, 2.05) is 51.9 Å². The SMILES string of the molecule is O=C(N[C@H]1CCCOc2ccc(Cl)cc21)N1CCCC1c1nncn1Cc1ccc(Cl)cc1. The lowest BCUT2D eigenvalue weighted by Gasteiger charge is -2.28. The van der Waals surface area contributed by atoms with Crippen LogP contribution >= 0.6 is 23.2 Å². The largest absolute Gasteiger partial charge is 0.493 e. The van der Waals surface area contributed by atoms with Gasteiger partial charge in [-0.1, -0.05) is 35.3 Å². The number of carbonyl (C=O) groups is 1. The number of aromatic nitrogens is 3. The number of amides is 2. The van der Waals surface area contributed by atoms with Crippen molar-refractivity contribution in [3.05, 3.63) is 75.8 Å². The molecule has 2 atom stereocenters. The number of halogens is 2. The lowest BCUT2D eigenvalue weighted by molar-refractivity contribution is 0.185. The first-order chi connectivity index (χ1) is 16.1. The Morgan fingerprint density at radius 2 is 1.91 bits per heavy atom. The Bertz CT molecular complexity index is 1130. The number of ether oxygens (including phenoxy) is 1. The Balaban J connectivity index is 1.34. The van der Waals surface area contributed by atoms with E-state index in [-0.39, 0.29) is 18.1 Å². The maximum absolute atomic E-state index is 13.4. The van der Waals surface area contributed by atoms with E-state index in [4.69, 9.17) is 27.9 Å². The van der Waals surface area contributed by atoms with Gasteiger partial charge in [0, 0.05) is 22.2 Å². The number of carbonyl (C=O) groups excluding carboxylic acids is 1. The molecular formula is C24H25Cl2N5O2. The van der Waals surface area contributed by atoms with Gasteiger partial charge in [-0.3, -0.25) is 0 Å². The number of hydrogen-bond acceptors (Lipinski definition) is 4. The van der Waals surface area contributed by atoms with Gasteiger partial charge in [0.1, 0.15) is 12.1 Å². The zero-order valence-corrected chi connectivity index (χ0v) is 19.6. The molecule has 1 unspecified atom stereocenters. The Kier molecular flexibility index (Phi) is 6.42. The molecule has 3 heterocycles. The molecule has 7 nitrogen and oxygen atoms in total. The lowest BCUT2D eigenvalue weighted by atomic mass is 10.0. The van der Waals surface area contributed by atoms with E-state index in [2.05, 4.69) is 15.5 Å². The molecule has 2 aliphatic heterocycles. The highest BCUT2D eigenvalue weighted by molar-refractivity contribution is 6.30. The van der Waals surface area contributed by atoms with Gasteiger partial charge < -0.3 is 19.5 Å². The predicted octanol–water partition coefficient (Wildman–Crippen LogP) is 5.39. The molecule has 1 saturated heterocycles. The number of nitrogens with one attached hydrogen (secondary N) is 1. The van der Waals surface area contributed by atoms with Crippen LogP contribution in [0.2, 0.25) is 10.0 Å². The quantitative estimate of drug-likeness (QED) is 0.537. The van der Waals surface area contributed by atoms with Crippen LogP contribution in [0.4, 0.5) is 4.79 Å². The Hall–Kier alpha value is -2.77. The molecule has 0 radical (unpaired) electrons. The Morgan fingerprint density at radius 3 is 2.76 bits per heavy atom. The maximum atomic E-state index is 13.4. The van der Waals surface area contributed by atoms with Gasteiger partial charge >= 0.3 is 6.03 Å². The van der Waals surface area contributed by atoms with Crippen LogP contribution in [0.1, 0.15) is 54.7 Å². The molecule has 2 amide bonds. The van der Waals surface area contributed by atoms with Crippen molar-refractivity contribution in [1.82, 2.24) is 25.0 Å². The monoisotopic (exact) mass is 485 g/mol. The number of benzene rings is 2. The van der Waals surface area contributed by atoms with Crippen molar-refractivity contribution in [1.29, 1.82) is 0 Å². The minimum Gasteiger partial charge on any atom is -0.493 e. The van der Waals surface area contributed by atoms with Crippen molar-refractivity contribution in [2.24, 2.45) is 0 Å². The van der Waals surface area contributed by atoms with Crippen LogP contribution in [0.25, 0.3) is 0 Å². The molecule has 3 aromatic rings. The van der Waals surface area contributed by atoms with Crippen molar-refractivity contribution >= 4 is 29.2 Å². The van der Waals surface area contributed by atoms with Crippen molar-refractivity contribution in [3.63, 3.8) is 0 Å². The van der Waals surface area contributed by atoms with Gasteiger partial charge in [0.15, 0.2) is 5.82 Å². The van der Waals surface area contributed by atoms with Crippen molar-refractivity contribution in [2.75, 3.05) is 13.2 Å². The molecule has 2 aliphatic rings. The highest BCUT2D eigenvalue weighted by atomic mass is 35.5. The van der Waals surface area contributed by atoms with Crippen LogP contribution in [0, 0.1) is 0 Å². The summed E-state index contributed by atoms with van der Waals surface area (Å²) in [6.45, 7) is 1.92. The average Bonchev–Trinajstić information content (AvgIpc) is 3.43. The second-order valence-electron chi connectivity index (χ2n) is 8.47. The van der Waals surface area contributed by atoms with Crippen LogP contribution < -0.4 is 10.1 Å². The maximum Gasteiger partial charge on any atom is 0.318 e. The molecule has 0 spiro atoms. The van der Waals surface area contributed by atoms with Crippen molar-refractivity contribution in [2.45, 2.75) is 44.3 Å². The van der Waals surface area contributed by atoms with E-state index in [9.17, 15) is 4.79 Å². The third-order valence-electron chi connectivity index (χ3n) is 6.26. The molecule has 1 aromatic heterocycles. The Morgan fingerprint density at radius 1 is 1.09 bits per heavy atom. The van der Waals surface area contributed by atoms with Crippen LogP contribution in [0.5, 0.6) is 5.75 Å². The molecule has 1 fully saturated rings. The second kappa shape index (κ2) is 9.61. The van der Waals surface area contributed by atoms with E-state index in [1.165, 1.54) is 0 Å². The molecule has 172 valence electrons. The van der Waals surface area contributed by atoms with E-state index >= 15 is 0 Å². The lowest BCUT2D eigenvalue weighted by Crippen LogP contribution is -2.41. The first kappa shape index (κ1) is 22.0. The van der Waals surface area contributed by atoms with Crippen LogP contribution in [0.15, 0.2) is 48.8 Å². The smallest absolute Gasteiger partial charge is 0.318 e. The molecule has 2 aromatic carbocycles. The first-order valence-corrected chi connectivity index (χ1v) is 12.0. The number of fused-ring (bicyclic) bond motifs is 1. The molecule has 1 N–H and O–H groups in total. The topological polar surface area (TPSA) is 72.3 Å². The minimum absolute atomic E-state index is 0.101. The molecule has 0 saturated carbocycles. The number of hydrogen-bond donors (Lipinski definition) is 1. The zero-order chi connectivity index (χ0) is 22.8. The molecular weight excluding hydrogens is 461 g/mol. The summed E-state index contributed by atoms with van der Waals surface area (Å²) >= 11 is 12.3. The standard InChI is InChI=1S/C24H25Cl2N5O2/c25-17-7-5-16(6-8-17)14-30-15-27-29-23(30)21-4-1-11-31(21)24(32)28-20-3-2-12-33-22-10-9-18(26)13-19(20)22/h5-10,13,15,20-21H,1-4,11-12,14H2,(H,28,32)/t20-,21?/m0/s1. The van der Waals surface area contributed by atoms with E-state index < -0.39 is 0 Å². The number of nitrogens with zero attached hydrogens (tertiary/aromatic N) is 4. The summed E-state index contributed by atoms with van der Waals surface area (Å²) in [5.74, 6) is 1.58. The third-order valence-corrected chi connectivity index (χ3v) is 6.75. The van der Waals surface area contributed by atoms with Gasteiger partial charge in [-0.15, -0.1) is 10.2 Å². The summed E-state index contributed by atoms with van der Waals surface area (Å²) < 4.78 is 7.86. The summed E-state index contributed by atoms with van der Waals surface area (Å²) in [4.78, 5) is 15.3. The highest BCUT2D eigenvalue weighted by Gasteiger charge is 2.35. The predicted molar refractivity (Wildman–Crippen MR) is 127 cm³/mol. The molecule has 9 heteroatoms. The van der Waals surface area contributed by atoms with E-state index in [0.717, 1.165) is 48.4 Å². The molecule has 33 heavy (non-hydrogen) atoms. The fraction of sp³-hybridized carbons (Fsp3) is 0.375. The number of likely N-dealkylation sites (tertiary alicyclic amines) is 1. The van der Waals surface area contributed by atoms with E-state index in [0.29, 0.717) is 29.7 Å². The summed E-state index contributed by atoms with van der Waals surface area (Å²) in [6.07, 6.45) is 5.14. The third kappa shape index (κ3) is 4.80. The second-order valence-corrected chi connectivity index (χ2v) is 9.34. The van der Waals surface area contributed by atoms with Crippen molar-refractivity contribution in [3.8, 4) is 5.75 Å².